The lowest BCUT2D eigenvalue weighted by Crippen LogP contribution is -2.14. The van der Waals surface area contributed by atoms with Crippen molar-refractivity contribution in [2.75, 3.05) is 11.5 Å². The number of hydrogen-bond acceptors (Lipinski definition) is 2. The van der Waals surface area contributed by atoms with Crippen molar-refractivity contribution in [1.82, 2.24) is 0 Å². The lowest BCUT2D eigenvalue weighted by atomic mass is 10.0. The summed E-state index contributed by atoms with van der Waals surface area (Å²) in [7, 11) is 0. The van der Waals surface area contributed by atoms with Gasteiger partial charge in [0.05, 0.1) is 6.10 Å². The molecule has 1 fully saturated rings. The quantitative estimate of drug-likeness (QED) is 0.577. The number of thioether (sulfide) groups is 1. The predicted octanol–water partition coefficient (Wildman–Crippen LogP) is 1.12. The summed E-state index contributed by atoms with van der Waals surface area (Å²) < 4.78 is 0. The van der Waals surface area contributed by atoms with Crippen molar-refractivity contribution in [3.8, 4) is 0 Å². The summed E-state index contributed by atoms with van der Waals surface area (Å²) in [6.07, 6.45) is 1.13. The maximum Gasteiger partial charge on any atom is 0.0548 e. The highest BCUT2D eigenvalue weighted by Gasteiger charge is 2.19. The third-order valence-electron chi connectivity index (χ3n) is 1.65. The Kier molecular flexibility index (Phi) is 2.20. The van der Waals surface area contributed by atoms with E-state index < -0.39 is 0 Å². The van der Waals surface area contributed by atoms with E-state index in [9.17, 15) is 0 Å². The molecule has 0 radical (unpaired) electrons. The molecule has 0 amide bonds. The summed E-state index contributed by atoms with van der Waals surface area (Å²) in [5.74, 6) is 2.99. The van der Waals surface area contributed by atoms with Gasteiger partial charge in [0.25, 0.3) is 0 Å². The van der Waals surface area contributed by atoms with Gasteiger partial charge in [-0.2, -0.15) is 11.8 Å². The summed E-state index contributed by atoms with van der Waals surface area (Å²) in [5, 5.41) is 9.04. The Morgan fingerprint density at radius 1 is 1.75 bits per heavy atom. The summed E-state index contributed by atoms with van der Waals surface area (Å²) in [6, 6.07) is 0. The topological polar surface area (TPSA) is 20.2 Å². The lowest BCUT2D eigenvalue weighted by molar-refractivity contribution is 0.139. The van der Waals surface area contributed by atoms with Gasteiger partial charge in [-0.15, -0.1) is 0 Å². The first-order chi connectivity index (χ1) is 3.80. The first-order valence-electron chi connectivity index (χ1n) is 3.06. The van der Waals surface area contributed by atoms with Crippen LogP contribution < -0.4 is 0 Å². The molecule has 8 heavy (non-hydrogen) atoms. The molecule has 2 unspecified atom stereocenters. The first-order valence-corrected chi connectivity index (χ1v) is 4.22. The summed E-state index contributed by atoms with van der Waals surface area (Å²) >= 11 is 1.95. The number of rotatable bonds is 1. The van der Waals surface area contributed by atoms with Gasteiger partial charge in [-0.25, -0.2) is 0 Å². The smallest absolute Gasteiger partial charge is 0.0548 e. The van der Waals surface area contributed by atoms with Gasteiger partial charge in [0.15, 0.2) is 0 Å². The Hall–Kier alpha value is 0.310. The van der Waals surface area contributed by atoms with Crippen LogP contribution in [0.1, 0.15) is 13.3 Å². The van der Waals surface area contributed by atoms with E-state index in [-0.39, 0.29) is 6.10 Å². The molecule has 0 aliphatic carbocycles. The molecule has 0 aromatic rings. The van der Waals surface area contributed by atoms with Crippen molar-refractivity contribution in [2.24, 2.45) is 5.92 Å². The lowest BCUT2D eigenvalue weighted by Gasteiger charge is -2.09. The molecule has 1 N–H and O–H groups in total. The molecule has 1 saturated heterocycles. The molecule has 0 saturated carbocycles. The van der Waals surface area contributed by atoms with Crippen LogP contribution >= 0.6 is 11.8 Å². The molecule has 1 aliphatic heterocycles. The maximum absolute atomic E-state index is 9.04. The molecule has 0 spiro atoms. The van der Waals surface area contributed by atoms with Gasteiger partial charge >= 0.3 is 0 Å². The van der Waals surface area contributed by atoms with Gasteiger partial charge in [0, 0.05) is 0 Å². The van der Waals surface area contributed by atoms with Gasteiger partial charge in [0.2, 0.25) is 0 Å². The summed E-state index contributed by atoms with van der Waals surface area (Å²) in [5.41, 5.74) is 0. The maximum atomic E-state index is 9.04. The molecule has 2 atom stereocenters. The molecule has 0 aromatic carbocycles. The van der Waals surface area contributed by atoms with E-state index in [1.807, 2.05) is 18.7 Å². The van der Waals surface area contributed by atoms with E-state index in [4.69, 9.17) is 5.11 Å². The van der Waals surface area contributed by atoms with Gasteiger partial charge in [0.1, 0.15) is 0 Å². The van der Waals surface area contributed by atoms with Crippen molar-refractivity contribution in [2.45, 2.75) is 19.4 Å². The number of aliphatic hydroxyl groups is 1. The van der Waals surface area contributed by atoms with Gasteiger partial charge in [-0.1, -0.05) is 0 Å². The highest BCUT2D eigenvalue weighted by molar-refractivity contribution is 7.99. The van der Waals surface area contributed by atoms with Gasteiger partial charge < -0.3 is 5.11 Å². The van der Waals surface area contributed by atoms with E-state index in [0.717, 1.165) is 5.75 Å². The highest BCUT2D eigenvalue weighted by Crippen LogP contribution is 2.25. The summed E-state index contributed by atoms with van der Waals surface area (Å²) in [4.78, 5) is 0. The second-order valence-corrected chi connectivity index (χ2v) is 3.51. The normalized spacial score (nSPS) is 33.0. The molecule has 2 heteroatoms. The molecule has 1 aliphatic rings. The van der Waals surface area contributed by atoms with Crippen LogP contribution in [0.3, 0.4) is 0 Å². The zero-order chi connectivity index (χ0) is 5.98. The van der Waals surface area contributed by atoms with Crippen LogP contribution in [0, 0.1) is 5.92 Å². The molecular weight excluding hydrogens is 120 g/mol. The van der Waals surface area contributed by atoms with E-state index in [2.05, 4.69) is 0 Å². The molecule has 1 nitrogen and oxygen atoms in total. The largest absolute Gasteiger partial charge is 0.393 e. The van der Waals surface area contributed by atoms with Crippen molar-refractivity contribution in [1.29, 1.82) is 0 Å². The predicted molar refractivity (Wildman–Crippen MR) is 37.1 cm³/mol. The fourth-order valence-corrected chi connectivity index (χ4v) is 2.32. The van der Waals surface area contributed by atoms with Crippen LogP contribution in [0.15, 0.2) is 0 Å². The van der Waals surface area contributed by atoms with E-state index in [1.54, 1.807) is 0 Å². The summed E-state index contributed by atoms with van der Waals surface area (Å²) in [6.45, 7) is 1.89. The van der Waals surface area contributed by atoms with Gasteiger partial charge in [-0.3, -0.25) is 0 Å². The van der Waals surface area contributed by atoms with Crippen molar-refractivity contribution in [3.63, 3.8) is 0 Å². The molecular formula is C6H12OS. The monoisotopic (exact) mass is 132 g/mol. The highest BCUT2D eigenvalue weighted by atomic mass is 32.2. The van der Waals surface area contributed by atoms with E-state index in [0.29, 0.717) is 5.92 Å². The van der Waals surface area contributed by atoms with Crippen LogP contribution in [-0.2, 0) is 0 Å². The Labute approximate surface area is 54.5 Å². The minimum absolute atomic E-state index is 0.0787. The molecule has 48 valence electrons. The van der Waals surface area contributed by atoms with Crippen LogP contribution in [0.2, 0.25) is 0 Å². The van der Waals surface area contributed by atoms with Crippen LogP contribution in [-0.4, -0.2) is 22.7 Å². The minimum Gasteiger partial charge on any atom is -0.393 e. The third kappa shape index (κ3) is 1.39. The second kappa shape index (κ2) is 2.74. The average Bonchev–Trinajstić information content (AvgIpc) is 2.12. The molecule has 1 heterocycles. The SMILES string of the molecule is CC(O)C1CCSC1. The zero-order valence-electron chi connectivity index (χ0n) is 5.13. The van der Waals surface area contributed by atoms with E-state index >= 15 is 0 Å². The van der Waals surface area contributed by atoms with Crippen molar-refractivity contribution >= 4 is 11.8 Å². The van der Waals surface area contributed by atoms with E-state index in [1.165, 1.54) is 12.2 Å². The molecule has 0 bridgehead atoms. The molecule has 1 rings (SSSR count). The van der Waals surface area contributed by atoms with Crippen molar-refractivity contribution in [3.05, 3.63) is 0 Å². The first kappa shape index (κ1) is 6.43. The fraction of sp³-hybridized carbons (Fsp3) is 1.00. The molecule has 0 aromatic heterocycles. The van der Waals surface area contributed by atoms with Crippen LogP contribution in [0.5, 0.6) is 0 Å². The van der Waals surface area contributed by atoms with Crippen molar-refractivity contribution < 1.29 is 5.11 Å². The Morgan fingerprint density at radius 3 is 2.75 bits per heavy atom. The Bertz CT molecular complexity index is 66.9. The third-order valence-corrected chi connectivity index (χ3v) is 2.84. The van der Waals surface area contributed by atoms with Gasteiger partial charge in [-0.05, 0) is 30.8 Å². The zero-order valence-corrected chi connectivity index (χ0v) is 5.95. The second-order valence-electron chi connectivity index (χ2n) is 2.36. The van der Waals surface area contributed by atoms with Crippen LogP contribution in [0.4, 0.5) is 0 Å². The minimum atomic E-state index is -0.0787. The Morgan fingerprint density at radius 2 is 2.50 bits per heavy atom. The number of aliphatic hydroxyl groups excluding tert-OH is 1. The fourth-order valence-electron chi connectivity index (χ4n) is 0.933. The Balaban J connectivity index is 2.24. The van der Waals surface area contributed by atoms with Crippen LogP contribution in [0.25, 0.3) is 0 Å². The average molecular weight is 132 g/mol. The number of hydrogen-bond donors (Lipinski definition) is 1. The standard InChI is InChI=1S/C6H12OS/c1-5(7)6-2-3-8-4-6/h5-7H,2-4H2,1H3.